The molecular weight excluding hydrogens is 180 g/mol. The summed E-state index contributed by atoms with van der Waals surface area (Å²) in [5.41, 5.74) is 5.04. The Hall–Kier alpha value is -1.59. The number of carbonyl (C=O) groups is 1. The van der Waals surface area contributed by atoms with Crippen LogP contribution in [0.1, 0.15) is 20.3 Å². The van der Waals surface area contributed by atoms with Gasteiger partial charge in [-0.2, -0.15) is 10.5 Å². The van der Waals surface area contributed by atoms with Crippen molar-refractivity contribution in [3.63, 3.8) is 0 Å². The predicted molar refractivity (Wildman–Crippen MR) is 50.7 cm³/mol. The quantitative estimate of drug-likeness (QED) is 0.637. The highest BCUT2D eigenvalue weighted by atomic mass is 16.2. The minimum atomic E-state index is -0.611. The van der Waals surface area contributed by atoms with Crippen molar-refractivity contribution < 1.29 is 4.79 Å². The predicted octanol–water partition coefficient (Wildman–Crippen LogP) is -0.0104. The molecule has 5 nitrogen and oxygen atoms in total. The van der Waals surface area contributed by atoms with Gasteiger partial charge in [0.25, 0.3) is 0 Å². The summed E-state index contributed by atoms with van der Waals surface area (Å²) in [4.78, 5) is 12.7. The molecule has 0 unspecified atom stereocenters. The van der Waals surface area contributed by atoms with E-state index in [0.29, 0.717) is 0 Å². The molecule has 0 heterocycles. The molecule has 0 fully saturated rings. The van der Waals surface area contributed by atoms with Gasteiger partial charge in [-0.25, -0.2) is 0 Å². The summed E-state index contributed by atoms with van der Waals surface area (Å²) in [5.74, 6) is -0.263. The van der Waals surface area contributed by atoms with Gasteiger partial charge in [0, 0.05) is 12.0 Å². The van der Waals surface area contributed by atoms with E-state index in [9.17, 15) is 4.79 Å². The van der Waals surface area contributed by atoms with Crippen molar-refractivity contribution >= 4 is 5.91 Å². The second-order valence-electron chi connectivity index (χ2n) is 3.73. The van der Waals surface area contributed by atoms with E-state index in [1.54, 1.807) is 13.8 Å². The monoisotopic (exact) mass is 194 g/mol. The summed E-state index contributed by atoms with van der Waals surface area (Å²) >= 11 is 0. The van der Waals surface area contributed by atoms with Gasteiger partial charge in [-0.15, -0.1) is 0 Å². The highest BCUT2D eigenvalue weighted by molar-refractivity contribution is 5.77. The Kier molecular flexibility index (Phi) is 4.62. The van der Waals surface area contributed by atoms with Crippen molar-refractivity contribution in [1.82, 2.24) is 4.90 Å². The van der Waals surface area contributed by atoms with Gasteiger partial charge in [-0.1, -0.05) is 0 Å². The third kappa shape index (κ3) is 5.13. The Labute approximate surface area is 83.7 Å². The summed E-state index contributed by atoms with van der Waals surface area (Å²) in [7, 11) is 0. The van der Waals surface area contributed by atoms with E-state index in [1.165, 1.54) is 4.90 Å². The number of hydrogen-bond donors (Lipinski definition) is 1. The molecular formula is C9H14N4O. The average Bonchev–Trinajstić information content (AvgIpc) is 2.01. The van der Waals surface area contributed by atoms with Crippen LogP contribution in [0.25, 0.3) is 0 Å². The highest BCUT2D eigenvalue weighted by Crippen LogP contribution is 2.06. The number of hydrogen-bond acceptors (Lipinski definition) is 4. The van der Waals surface area contributed by atoms with Gasteiger partial charge in [0.1, 0.15) is 13.1 Å². The summed E-state index contributed by atoms with van der Waals surface area (Å²) < 4.78 is 0. The number of carbonyl (C=O) groups excluding carboxylic acids is 1. The molecule has 14 heavy (non-hydrogen) atoms. The fraction of sp³-hybridized carbons (Fsp3) is 0.667. The molecule has 0 aromatic carbocycles. The van der Waals surface area contributed by atoms with Gasteiger partial charge in [0.05, 0.1) is 12.1 Å². The van der Waals surface area contributed by atoms with Crippen LogP contribution in [0, 0.1) is 22.7 Å². The molecule has 0 rings (SSSR count). The molecule has 0 radical (unpaired) electrons. The van der Waals surface area contributed by atoms with Crippen LogP contribution in [0.5, 0.6) is 0 Å². The van der Waals surface area contributed by atoms with Crippen molar-refractivity contribution in [1.29, 1.82) is 10.5 Å². The van der Waals surface area contributed by atoms with Crippen molar-refractivity contribution in [2.24, 2.45) is 5.73 Å². The Morgan fingerprint density at radius 2 is 1.79 bits per heavy atom. The Morgan fingerprint density at radius 3 is 2.07 bits per heavy atom. The number of nitrogens with two attached hydrogens (primary N) is 1. The van der Waals surface area contributed by atoms with Gasteiger partial charge in [-0.3, -0.25) is 4.79 Å². The minimum absolute atomic E-state index is 0.0670. The second kappa shape index (κ2) is 5.21. The molecule has 0 bridgehead atoms. The maximum Gasteiger partial charge on any atom is 0.226 e. The smallest absolute Gasteiger partial charge is 0.226 e. The van der Waals surface area contributed by atoms with Crippen LogP contribution in [-0.2, 0) is 4.79 Å². The first-order valence-corrected chi connectivity index (χ1v) is 4.21. The summed E-state index contributed by atoms with van der Waals surface area (Å²) in [6.45, 7) is 3.31. The maximum atomic E-state index is 11.5. The van der Waals surface area contributed by atoms with Crippen molar-refractivity contribution in [3.05, 3.63) is 0 Å². The molecule has 0 aromatic rings. The van der Waals surface area contributed by atoms with Gasteiger partial charge < -0.3 is 10.6 Å². The molecule has 0 saturated carbocycles. The Morgan fingerprint density at radius 1 is 1.36 bits per heavy atom. The summed E-state index contributed by atoms with van der Waals surface area (Å²) in [6, 6.07) is 3.66. The fourth-order valence-corrected chi connectivity index (χ4v) is 0.905. The van der Waals surface area contributed by atoms with E-state index in [-0.39, 0.29) is 25.4 Å². The molecule has 2 N–H and O–H groups in total. The van der Waals surface area contributed by atoms with Crippen molar-refractivity contribution in [2.75, 3.05) is 13.1 Å². The van der Waals surface area contributed by atoms with Crippen LogP contribution in [0.4, 0.5) is 0 Å². The molecule has 0 aliphatic heterocycles. The number of nitriles is 2. The van der Waals surface area contributed by atoms with E-state index < -0.39 is 5.54 Å². The van der Waals surface area contributed by atoms with Gasteiger partial charge in [0.2, 0.25) is 5.91 Å². The zero-order chi connectivity index (χ0) is 11.2. The lowest BCUT2D eigenvalue weighted by molar-refractivity contribution is -0.131. The van der Waals surface area contributed by atoms with Crippen LogP contribution < -0.4 is 5.73 Å². The topological polar surface area (TPSA) is 93.9 Å². The van der Waals surface area contributed by atoms with Crippen LogP contribution in [-0.4, -0.2) is 29.4 Å². The SMILES string of the molecule is CC(C)(N)CC(=O)N(CC#N)CC#N. The second-order valence-corrected chi connectivity index (χ2v) is 3.73. The standard InChI is InChI=1S/C9H14N4O/c1-9(2,12)7-8(14)13(5-3-10)6-4-11/h5-7,12H2,1-2H3. The molecule has 0 atom stereocenters. The van der Waals surface area contributed by atoms with Crippen LogP contribution in [0.3, 0.4) is 0 Å². The maximum absolute atomic E-state index is 11.5. The number of nitrogens with zero attached hydrogens (tertiary/aromatic N) is 3. The summed E-state index contributed by atoms with van der Waals surface area (Å²) in [5, 5.41) is 16.9. The minimum Gasteiger partial charge on any atom is -0.325 e. The largest absolute Gasteiger partial charge is 0.325 e. The molecule has 0 spiro atoms. The van der Waals surface area contributed by atoms with Crippen molar-refractivity contribution in [3.8, 4) is 12.1 Å². The lowest BCUT2D eigenvalue weighted by atomic mass is 10.0. The van der Waals surface area contributed by atoms with Crippen molar-refractivity contribution in [2.45, 2.75) is 25.8 Å². The van der Waals surface area contributed by atoms with E-state index in [4.69, 9.17) is 16.3 Å². The highest BCUT2D eigenvalue weighted by Gasteiger charge is 2.20. The summed E-state index contributed by atoms with van der Waals surface area (Å²) in [6.07, 6.45) is 0.135. The third-order valence-electron chi connectivity index (χ3n) is 1.48. The van der Waals surface area contributed by atoms with E-state index >= 15 is 0 Å². The Bertz CT molecular complexity index is 263. The normalized spacial score (nSPS) is 10.1. The first-order chi connectivity index (χ1) is 6.40. The van der Waals surface area contributed by atoms with Crippen LogP contribution in [0.15, 0.2) is 0 Å². The first-order valence-electron chi connectivity index (χ1n) is 4.21. The van der Waals surface area contributed by atoms with Gasteiger partial charge in [-0.05, 0) is 13.8 Å². The molecule has 0 saturated heterocycles. The van der Waals surface area contributed by atoms with Crippen LogP contribution in [0.2, 0.25) is 0 Å². The lowest BCUT2D eigenvalue weighted by Crippen LogP contribution is -2.41. The number of amides is 1. The van der Waals surface area contributed by atoms with Gasteiger partial charge >= 0.3 is 0 Å². The average molecular weight is 194 g/mol. The molecule has 5 heteroatoms. The van der Waals surface area contributed by atoms with Gasteiger partial charge in [0.15, 0.2) is 0 Å². The first kappa shape index (κ1) is 12.4. The molecule has 0 aliphatic carbocycles. The van der Waals surface area contributed by atoms with E-state index in [2.05, 4.69) is 0 Å². The van der Waals surface area contributed by atoms with E-state index in [1.807, 2.05) is 12.1 Å². The zero-order valence-electron chi connectivity index (χ0n) is 8.45. The third-order valence-corrected chi connectivity index (χ3v) is 1.48. The zero-order valence-corrected chi connectivity index (χ0v) is 8.45. The lowest BCUT2D eigenvalue weighted by Gasteiger charge is -2.22. The van der Waals surface area contributed by atoms with E-state index in [0.717, 1.165) is 0 Å². The molecule has 76 valence electrons. The fourth-order valence-electron chi connectivity index (χ4n) is 0.905. The molecule has 0 aliphatic rings. The number of rotatable bonds is 4. The molecule has 1 amide bonds. The van der Waals surface area contributed by atoms with Crippen LogP contribution >= 0.6 is 0 Å². The molecule has 0 aromatic heterocycles. The Balaban J connectivity index is 4.32.